The van der Waals surface area contributed by atoms with Gasteiger partial charge < -0.3 is 4.57 Å². The van der Waals surface area contributed by atoms with Gasteiger partial charge >= 0.3 is 0 Å². The minimum absolute atomic E-state index is 1.06. The number of imidazole rings is 1. The van der Waals surface area contributed by atoms with Crippen molar-refractivity contribution in [1.29, 1.82) is 0 Å². The summed E-state index contributed by atoms with van der Waals surface area (Å²) in [5.74, 6) is 1.23. The third-order valence-corrected chi connectivity index (χ3v) is 4.55. The average Bonchev–Trinajstić information content (AvgIpc) is 3.07. The largest absolute Gasteiger partial charge is 0.328 e. The van der Waals surface area contributed by atoms with Crippen LogP contribution in [0.15, 0.2) is 41.6 Å². The Labute approximate surface area is 122 Å². The zero-order valence-corrected chi connectivity index (χ0v) is 12.2. The van der Waals surface area contributed by atoms with E-state index in [0.717, 1.165) is 23.5 Å². The van der Waals surface area contributed by atoms with E-state index in [2.05, 4.69) is 39.9 Å². The third kappa shape index (κ3) is 1.83. The van der Waals surface area contributed by atoms with E-state index in [1.165, 1.54) is 28.9 Å². The first-order chi connectivity index (χ1) is 9.85. The topological polar surface area (TPSA) is 30.7 Å². The van der Waals surface area contributed by atoms with Crippen LogP contribution in [0.1, 0.15) is 12.2 Å². The molecule has 20 heavy (non-hydrogen) atoms. The predicted molar refractivity (Wildman–Crippen MR) is 83.1 cm³/mol. The SMILES string of the molecule is CSc1ccc(-c2ccc3nc4n(c3c2)CCC4)cn1. The minimum atomic E-state index is 1.06. The molecule has 0 saturated heterocycles. The molecule has 1 aliphatic rings. The molecule has 3 heterocycles. The predicted octanol–water partition coefficient (Wildman–Crippen LogP) is 3.77. The molecule has 0 aliphatic carbocycles. The molecule has 4 heteroatoms. The van der Waals surface area contributed by atoms with Gasteiger partial charge in [-0.25, -0.2) is 9.97 Å². The molecule has 1 aromatic carbocycles. The van der Waals surface area contributed by atoms with Crippen LogP contribution in [0.4, 0.5) is 0 Å². The van der Waals surface area contributed by atoms with Crippen molar-refractivity contribution in [2.24, 2.45) is 0 Å². The number of aryl methyl sites for hydroxylation is 2. The number of pyridine rings is 1. The number of hydrogen-bond acceptors (Lipinski definition) is 3. The number of fused-ring (bicyclic) bond motifs is 3. The van der Waals surface area contributed by atoms with Gasteiger partial charge in [-0.05, 0) is 36.4 Å². The average molecular weight is 281 g/mol. The van der Waals surface area contributed by atoms with Crippen molar-refractivity contribution in [2.45, 2.75) is 24.4 Å². The first kappa shape index (κ1) is 12.0. The van der Waals surface area contributed by atoms with Gasteiger partial charge in [-0.2, -0.15) is 0 Å². The summed E-state index contributed by atoms with van der Waals surface area (Å²) in [5, 5.41) is 1.06. The van der Waals surface area contributed by atoms with Crippen molar-refractivity contribution in [3.05, 3.63) is 42.4 Å². The van der Waals surface area contributed by atoms with E-state index < -0.39 is 0 Å². The fraction of sp³-hybridized carbons (Fsp3) is 0.250. The van der Waals surface area contributed by atoms with E-state index in [1.54, 1.807) is 11.8 Å². The fourth-order valence-corrected chi connectivity index (χ4v) is 3.22. The number of thioether (sulfide) groups is 1. The van der Waals surface area contributed by atoms with Crippen molar-refractivity contribution in [3.8, 4) is 11.1 Å². The zero-order chi connectivity index (χ0) is 13.5. The lowest BCUT2D eigenvalue weighted by Crippen LogP contribution is -1.91. The van der Waals surface area contributed by atoms with Crippen molar-refractivity contribution >= 4 is 22.8 Å². The molecule has 0 unspecified atom stereocenters. The maximum atomic E-state index is 4.70. The molecule has 0 bridgehead atoms. The van der Waals surface area contributed by atoms with Gasteiger partial charge in [0.15, 0.2) is 0 Å². The van der Waals surface area contributed by atoms with Gasteiger partial charge in [0.1, 0.15) is 5.82 Å². The van der Waals surface area contributed by atoms with Crippen LogP contribution in [0, 0.1) is 0 Å². The van der Waals surface area contributed by atoms with Crippen LogP contribution in [-0.4, -0.2) is 20.8 Å². The fourth-order valence-electron chi connectivity index (χ4n) is 2.86. The summed E-state index contributed by atoms with van der Waals surface area (Å²) in [6, 6.07) is 10.7. The van der Waals surface area contributed by atoms with Crippen molar-refractivity contribution in [1.82, 2.24) is 14.5 Å². The van der Waals surface area contributed by atoms with Crippen LogP contribution >= 0.6 is 11.8 Å². The lowest BCUT2D eigenvalue weighted by atomic mass is 10.1. The molecule has 0 fully saturated rings. The molecule has 0 amide bonds. The van der Waals surface area contributed by atoms with Crippen LogP contribution in [0.2, 0.25) is 0 Å². The maximum absolute atomic E-state index is 4.70. The van der Waals surface area contributed by atoms with Crippen LogP contribution < -0.4 is 0 Å². The highest BCUT2D eigenvalue weighted by molar-refractivity contribution is 7.98. The molecule has 3 nitrogen and oxygen atoms in total. The minimum Gasteiger partial charge on any atom is -0.328 e. The summed E-state index contributed by atoms with van der Waals surface area (Å²) < 4.78 is 2.35. The van der Waals surface area contributed by atoms with Crippen molar-refractivity contribution < 1.29 is 0 Å². The second kappa shape index (κ2) is 4.63. The highest BCUT2D eigenvalue weighted by Gasteiger charge is 2.16. The first-order valence-electron chi connectivity index (χ1n) is 6.85. The Morgan fingerprint density at radius 1 is 1.15 bits per heavy atom. The molecule has 4 rings (SSSR count). The van der Waals surface area contributed by atoms with Gasteiger partial charge in [0, 0.05) is 24.7 Å². The Bertz CT molecular complexity index is 774. The molecule has 0 spiro atoms. The molecule has 0 saturated carbocycles. The van der Waals surface area contributed by atoms with E-state index in [1.807, 2.05) is 12.5 Å². The van der Waals surface area contributed by atoms with Gasteiger partial charge in [0.2, 0.25) is 0 Å². The normalized spacial score (nSPS) is 13.8. The van der Waals surface area contributed by atoms with Crippen molar-refractivity contribution in [2.75, 3.05) is 6.26 Å². The molecule has 0 radical (unpaired) electrons. The van der Waals surface area contributed by atoms with Gasteiger partial charge in [0.05, 0.1) is 16.1 Å². The summed E-state index contributed by atoms with van der Waals surface area (Å²) in [6.45, 7) is 1.10. The van der Waals surface area contributed by atoms with Gasteiger partial charge in [-0.15, -0.1) is 11.8 Å². The lowest BCUT2D eigenvalue weighted by molar-refractivity contribution is 0.771. The molecular weight excluding hydrogens is 266 g/mol. The zero-order valence-electron chi connectivity index (χ0n) is 11.3. The van der Waals surface area contributed by atoms with E-state index >= 15 is 0 Å². The molecule has 100 valence electrons. The molecule has 1 aliphatic heterocycles. The summed E-state index contributed by atoms with van der Waals surface area (Å²) >= 11 is 1.67. The molecule has 3 aromatic rings. The van der Waals surface area contributed by atoms with Crippen LogP contribution in [0.25, 0.3) is 22.2 Å². The molecule has 2 aromatic heterocycles. The highest BCUT2D eigenvalue weighted by atomic mass is 32.2. The number of hydrogen-bond donors (Lipinski definition) is 0. The van der Waals surface area contributed by atoms with E-state index in [9.17, 15) is 0 Å². The Morgan fingerprint density at radius 3 is 2.85 bits per heavy atom. The van der Waals surface area contributed by atoms with Gasteiger partial charge in [0.25, 0.3) is 0 Å². The number of aromatic nitrogens is 3. The summed E-state index contributed by atoms with van der Waals surface area (Å²) in [4.78, 5) is 9.15. The van der Waals surface area contributed by atoms with Crippen LogP contribution in [0.3, 0.4) is 0 Å². The Hall–Kier alpha value is -1.81. The molecule has 0 N–H and O–H groups in total. The van der Waals surface area contributed by atoms with E-state index in [0.29, 0.717) is 0 Å². The first-order valence-corrected chi connectivity index (χ1v) is 8.07. The second-order valence-corrected chi connectivity index (χ2v) is 5.90. The summed E-state index contributed by atoms with van der Waals surface area (Å²) in [7, 11) is 0. The van der Waals surface area contributed by atoms with Gasteiger partial charge in [-0.3, -0.25) is 0 Å². The third-order valence-electron chi connectivity index (χ3n) is 3.89. The summed E-state index contributed by atoms with van der Waals surface area (Å²) in [6.07, 6.45) is 6.32. The van der Waals surface area contributed by atoms with Crippen molar-refractivity contribution in [3.63, 3.8) is 0 Å². The Balaban J connectivity index is 1.83. The maximum Gasteiger partial charge on any atom is 0.109 e. The quantitative estimate of drug-likeness (QED) is 0.670. The summed E-state index contributed by atoms with van der Waals surface area (Å²) in [5.41, 5.74) is 4.74. The molecular formula is C16H15N3S. The molecule has 0 atom stereocenters. The highest BCUT2D eigenvalue weighted by Crippen LogP contribution is 2.28. The Morgan fingerprint density at radius 2 is 2.05 bits per heavy atom. The standard InChI is InChI=1S/C16H15N3S/c1-20-16-7-5-12(10-17-16)11-4-6-13-14(9-11)19-8-2-3-15(19)18-13/h4-7,9-10H,2-3,8H2,1H3. The van der Waals surface area contributed by atoms with Crippen LogP contribution in [0.5, 0.6) is 0 Å². The van der Waals surface area contributed by atoms with E-state index in [4.69, 9.17) is 4.98 Å². The van der Waals surface area contributed by atoms with E-state index in [-0.39, 0.29) is 0 Å². The number of benzene rings is 1. The number of rotatable bonds is 2. The van der Waals surface area contributed by atoms with Crippen LogP contribution in [-0.2, 0) is 13.0 Å². The monoisotopic (exact) mass is 281 g/mol. The number of nitrogens with zero attached hydrogens (tertiary/aromatic N) is 3. The Kier molecular flexibility index (Phi) is 2.77. The second-order valence-electron chi connectivity index (χ2n) is 5.08. The smallest absolute Gasteiger partial charge is 0.109 e. The van der Waals surface area contributed by atoms with Gasteiger partial charge in [-0.1, -0.05) is 12.1 Å². The lowest BCUT2D eigenvalue weighted by Gasteiger charge is -2.04.